The van der Waals surface area contributed by atoms with Crippen molar-refractivity contribution in [2.45, 2.75) is 6.54 Å². The zero-order valence-corrected chi connectivity index (χ0v) is 11.1. The van der Waals surface area contributed by atoms with Crippen LogP contribution in [0.25, 0.3) is 0 Å². The van der Waals surface area contributed by atoms with Crippen molar-refractivity contribution in [3.8, 4) is 5.75 Å². The molecule has 0 fully saturated rings. The van der Waals surface area contributed by atoms with E-state index >= 15 is 0 Å². The molecular weight excluding hydrogens is 264 g/mol. The Hall–Kier alpha value is -2.07. The number of amides is 1. The molecule has 1 aromatic heterocycles. The van der Waals surface area contributed by atoms with Crippen molar-refractivity contribution in [2.75, 3.05) is 7.05 Å². The zero-order chi connectivity index (χ0) is 13.8. The highest BCUT2D eigenvalue weighted by atomic mass is 35.5. The third-order valence-electron chi connectivity index (χ3n) is 2.65. The number of benzene rings is 1. The molecule has 1 heterocycles. The predicted molar refractivity (Wildman–Crippen MR) is 73.2 cm³/mol. The molecule has 0 saturated carbocycles. The first-order valence-corrected chi connectivity index (χ1v) is 6.09. The second kappa shape index (κ2) is 5.71. The molecule has 19 heavy (non-hydrogen) atoms. The highest BCUT2D eigenvalue weighted by molar-refractivity contribution is 6.29. The van der Waals surface area contributed by atoms with Crippen molar-refractivity contribution in [1.82, 2.24) is 9.88 Å². The quantitative estimate of drug-likeness (QED) is 0.877. The lowest BCUT2D eigenvalue weighted by Gasteiger charge is -2.17. The number of phenolic OH excluding ortho intramolecular Hbond substituents is 1. The van der Waals surface area contributed by atoms with Crippen LogP contribution in [-0.2, 0) is 6.54 Å². The minimum atomic E-state index is -0.146. The molecule has 0 bridgehead atoms. The van der Waals surface area contributed by atoms with Crippen molar-refractivity contribution < 1.29 is 9.90 Å². The van der Waals surface area contributed by atoms with Crippen molar-refractivity contribution in [3.05, 3.63) is 58.9 Å². The molecule has 0 radical (unpaired) electrons. The van der Waals surface area contributed by atoms with Gasteiger partial charge in [-0.05, 0) is 29.8 Å². The smallest absolute Gasteiger partial charge is 0.255 e. The van der Waals surface area contributed by atoms with E-state index in [0.717, 1.165) is 5.56 Å². The Balaban J connectivity index is 2.09. The van der Waals surface area contributed by atoms with Crippen LogP contribution in [0.1, 0.15) is 15.9 Å². The number of carbonyl (C=O) groups excluding carboxylic acids is 1. The average Bonchev–Trinajstić information content (AvgIpc) is 2.39. The number of hydrogen-bond acceptors (Lipinski definition) is 3. The fourth-order valence-electron chi connectivity index (χ4n) is 1.72. The maximum Gasteiger partial charge on any atom is 0.255 e. The first-order chi connectivity index (χ1) is 9.06. The van der Waals surface area contributed by atoms with Crippen LogP contribution in [0, 0.1) is 0 Å². The largest absolute Gasteiger partial charge is 0.508 e. The molecule has 2 rings (SSSR count). The van der Waals surface area contributed by atoms with Gasteiger partial charge in [0.1, 0.15) is 10.9 Å². The van der Waals surface area contributed by atoms with Gasteiger partial charge >= 0.3 is 0 Å². The Morgan fingerprint density at radius 3 is 2.79 bits per heavy atom. The zero-order valence-electron chi connectivity index (χ0n) is 10.4. The summed E-state index contributed by atoms with van der Waals surface area (Å²) in [5.41, 5.74) is 1.34. The van der Waals surface area contributed by atoms with E-state index in [4.69, 9.17) is 11.6 Å². The summed E-state index contributed by atoms with van der Waals surface area (Å²) in [5, 5.41) is 9.74. The van der Waals surface area contributed by atoms with E-state index in [2.05, 4.69) is 4.98 Å². The maximum atomic E-state index is 12.1. The molecular formula is C14H13ClN2O2. The Labute approximate surface area is 116 Å². The van der Waals surface area contributed by atoms with E-state index in [1.54, 1.807) is 42.3 Å². The normalized spacial score (nSPS) is 10.2. The molecule has 2 aromatic rings. The summed E-state index contributed by atoms with van der Waals surface area (Å²) in [6.45, 7) is 0.413. The summed E-state index contributed by atoms with van der Waals surface area (Å²) in [6, 6.07) is 10.0. The van der Waals surface area contributed by atoms with Gasteiger partial charge in [-0.2, -0.15) is 0 Å². The Morgan fingerprint density at radius 2 is 2.16 bits per heavy atom. The fraction of sp³-hybridized carbons (Fsp3) is 0.143. The van der Waals surface area contributed by atoms with E-state index in [0.29, 0.717) is 17.3 Å². The van der Waals surface area contributed by atoms with E-state index < -0.39 is 0 Å². The van der Waals surface area contributed by atoms with E-state index in [1.807, 2.05) is 6.07 Å². The Kier molecular flexibility index (Phi) is 4.02. The summed E-state index contributed by atoms with van der Waals surface area (Å²) in [5.74, 6) is 0.0408. The van der Waals surface area contributed by atoms with Gasteiger partial charge < -0.3 is 10.0 Å². The number of halogens is 1. The van der Waals surface area contributed by atoms with Gasteiger partial charge in [0.15, 0.2) is 0 Å². The highest BCUT2D eigenvalue weighted by Crippen LogP contribution is 2.14. The molecule has 0 unspecified atom stereocenters. The summed E-state index contributed by atoms with van der Waals surface area (Å²) in [4.78, 5) is 17.6. The van der Waals surface area contributed by atoms with Crippen LogP contribution in [0.5, 0.6) is 5.75 Å². The summed E-state index contributed by atoms with van der Waals surface area (Å²) in [6.07, 6.45) is 1.45. The molecule has 0 aliphatic rings. The van der Waals surface area contributed by atoms with Crippen molar-refractivity contribution in [2.24, 2.45) is 0 Å². The molecule has 0 atom stereocenters. The number of aromatic nitrogens is 1. The van der Waals surface area contributed by atoms with Gasteiger partial charge in [-0.15, -0.1) is 0 Å². The molecule has 0 aliphatic carbocycles. The van der Waals surface area contributed by atoms with Crippen LogP contribution in [-0.4, -0.2) is 27.9 Å². The van der Waals surface area contributed by atoms with Gasteiger partial charge in [-0.25, -0.2) is 4.98 Å². The highest BCUT2D eigenvalue weighted by Gasteiger charge is 2.12. The summed E-state index contributed by atoms with van der Waals surface area (Å²) < 4.78 is 0. The molecule has 5 heteroatoms. The fourth-order valence-corrected chi connectivity index (χ4v) is 1.83. The lowest BCUT2D eigenvalue weighted by Crippen LogP contribution is -2.26. The average molecular weight is 277 g/mol. The first-order valence-electron chi connectivity index (χ1n) is 5.71. The Bertz CT molecular complexity index is 584. The molecule has 4 nitrogen and oxygen atoms in total. The van der Waals surface area contributed by atoms with Crippen LogP contribution in [0.2, 0.25) is 5.15 Å². The SMILES string of the molecule is CN(Cc1cccc(O)c1)C(=O)c1ccc(Cl)nc1. The maximum absolute atomic E-state index is 12.1. The monoisotopic (exact) mass is 276 g/mol. The molecule has 0 saturated heterocycles. The molecule has 1 aromatic carbocycles. The van der Waals surface area contributed by atoms with E-state index in [9.17, 15) is 9.90 Å². The van der Waals surface area contributed by atoms with Gasteiger partial charge in [0.05, 0.1) is 5.56 Å². The third-order valence-corrected chi connectivity index (χ3v) is 2.87. The molecule has 98 valence electrons. The molecule has 0 spiro atoms. The van der Waals surface area contributed by atoms with Crippen LogP contribution >= 0.6 is 11.6 Å². The van der Waals surface area contributed by atoms with Crippen molar-refractivity contribution in [1.29, 1.82) is 0 Å². The number of nitrogens with zero attached hydrogens (tertiary/aromatic N) is 2. The van der Waals surface area contributed by atoms with Crippen LogP contribution in [0.15, 0.2) is 42.6 Å². The van der Waals surface area contributed by atoms with Gasteiger partial charge in [0.25, 0.3) is 5.91 Å². The standard InChI is InChI=1S/C14H13ClN2O2/c1-17(9-10-3-2-4-12(18)7-10)14(19)11-5-6-13(15)16-8-11/h2-8,18H,9H2,1H3. The van der Waals surface area contributed by atoms with Gasteiger partial charge in [0.2, 0.25) is 0 Å². The molecule has 1 amide bonds. The first kappa shape index (κ1) is 13.4. The number of hydrogen-bond donors (Lipinski definition) is 1. The number of carbonyl (C=O) groups is 1. The number of aromatic hydroxyl groups is 1. The van der Waals surface area contributed by atoms with Crippen molar-refractivity contribution >= 4 is 17.5 Å². The van der Waals surface area contributed by atoms with Gasteiger partial charge in [-0.1, -0.05) is 23.7 Å². The lowest BCUT2D eigenvalue weighted by atomic mass is 10.2. The Morgan fingerprint density at radius 1 is 1.37 bits per heavy atom. The molecule has 1 N–H and O–H groups in total. The van der Waals surface area contributed by atoms with Crippen molar-refractivity contribution in [3.63, 3.8) is 0 Å². The lowest BCUT2D eigenvalue weighted by molar-refractivity contribution is 0.0784. The molecule has 0 aliphatic heterocycles. The van der Waals surface area contributed by atoms with Crippen LogP contribution in [0.3, 0.4) is 0 Å². The third kappa shape index (κ3) is 3.45. The number of phenols is 1. The number of pyridine rings is 1. The number of rotatable bonds is 3. The summed E-state index contributed by atoms with van der Waals surface area (Å²) >= 11 is 5.68. The second-order valence-corrected chi connectivity index (χ2v) is 4.59. The van der Waals surface area contributed by atoms with E-state index in [1.165, 1.54) is 6.20 Å². The van der Waals surface area contributed by atoms with Gasteiger partial charge in [0, 0.05) is 19.8 Å². The van der Waals surface area contributed by atoms with Gasteiger partial charge in [-0.3, -0.25) is 4.79 Å². The second-order valence-electron chi connectivity index (χ2n) is 4.20. The van der Waals surface area contributed by atoms with Crippen LogP contribution in [0.4, 0.5) is 0 Å². The minimum absolute atomic E-state index is 0.146. The summed E-state index contributed by atoms with van der Waals surface area (Å²) in [7, 11) is 1.70. The predicted octanol–water partition coefficient (Wildman–Crippen LogP) is 2.71. The topological polar surface area (TPSA) is 53.4 Å². The van der Waals surface area contributed by atoms with Crippen LogP contribution < -0.4 is 0 Å². The minimum Gasteiger partial charge on any atom is -0.508 e. The van der Waals surface area contributed by atoms with E-state index in [-0.39, 0.29) is 11.7 Å².